The highest BCUT2D eigenvalue weighted by atomic mass is 32.2. The zero-order valence-electron chi connectivity index (χ0n) is 15.6. The van der Waals surface area contributed by atoms with Crippen LogP contribution in [-0.4, -0.2) is 9.55 Å². The van der Waals surface area contributed by atoms with Gasteiger partial charge in [-0.05, 0) is 34.5 Å². The van der Waals surface area contributed by atoms with Gasteiger partial charge in [-0.1, -0.05) is 54.2 Å². The van der Waals surface area contributed by atoms with E-state index in [1.54, 1.807) is 17.7 Å². The van der Waals surface area contributed by atoms with Gasteiger partial charge in [0.15, 0.2) is 5.16 Å². The van der Waals surface area contributed by atoms with Gasteiger partial charge in [0.25, 0.3) is 5.56 Å². The van der Waals surface area contributed by atoms with E-state index in [0.717, 1.165) is 21.7 Å². The quantitative estimate of drug-likeness (QED) is 0.193. The van der Waals surface area contributed by atoms with E-state index in [9.17, 15) is 9.59 Å². The van der Waals surface area contributed by atoms with Crippen LogP contribution in [0.1, 0.15) is 5.56 Å². The van der Waals surface area contributed by atoms with Crippen molar-refractivity contribution in [3.05, 3.63) is 93.1 Å². The third-order valence-corrected chi connectivity index (χ3v) is 6.09. The van der Waals surface area contributed by atoms with Gasteiger partial charge in [0, 0.05) is 24.3 Å². The third kappa shape index (κ3) is 3.02. The van der Waals surface area contributed by atoms with Crippen molar-refractivity contribution in [1.29, 1.82) is 0 Å². The molecule has 0 aliphatic heterocycles. The number of hydrogen-bond acceptors (Lipinski definition) is 5. The van der Waals surface area contributed by atoms with Gasteiger partial charge in [-0.25, -0.2) is 9.78 Å². The van der Waals surface area contributed by atoms with Crippen molar-refractivity contribution >= 4 is 44.4 Å². The molecule has 0 amide bonds. The number of hydrogen-bond donors (Lipinski definition) is 0. The van der Waals surface area contributed by atoms with E-state index in [2.05, 4.69) is 4.98 Å². The molecule has 6 heteroatoms. The molecule has 2 aromatic heterocycles. The Morgan fingerprint density at radius 2 is 1.72 bits per heavy atom. The lowest BCUT2D eigenvalue weighted by atomic mass is 10.0. The zero-order valence-corrected chi connectivity index (χ0v) is 16.4. The average molecular weight is 400 g/mol. The van der Waals surface area contributed by atoms with Gasteiger partial charge < -0.3 is 4.42 Å². The average Bonchev–Trinajstić information content (AvgIpc) is 2.74. The number of aromatic nitrogens is 2. The fourth-order valence-electron chi connectivity index (χ4n) is 3.60. The molecule has 0 spiro atoms. The molecule has 0 fully saturated rings. The van der Waals surface area contributed by atoms with Crippen LogP contribution in [0.3, 0.4) is 0 Å². The number of nitrogens with zero attached hydrogens (tertiary/aromatic N) is 2. The van der Waals surface area contributed by atoms with Crippen LogP contribution in [0.15, 0.2) is 85.9 Å². The third-order valence-electron chi connectivity index (χ3n) is 5.01. The summed E-state index contributed by atoms with van der Waals surface area (Å²) < 4.78 is 6.98. The van der Waals surface area contributed by atoms with Crippen molar-refractivity contribution in [2.24, 2.45) is 7.05 Å². The number of thioether (sulfide) groups is 1. The molecule has 0 N–H and O–H groups in total. The Labute approximate surface area is 169 Å². The molecule has 0 atom stereocenters. The smallest absolute Gasteiger partial charge is 0.336 e. The monoisotopic (exact) mass is 400 g/mol. The Balaban J connectivity index is 1.64. The predicted molar refractivity (Wildman–Crippen MR) is 117 cm³/mol. The van der Waals surface area contributed by atoms with Gasteiger partial charge in [-0.15, -0.1) is 0 Å². The second kappa shape index (κ2) is 6.90. The van der Waals surface area contributed by atoms with Crippen LogP contribution in [0.2, 0.25) is 0 Å². The van der Waals surface area contributed by atoms with Crippen molar-refractivity contribution < 1.29 is 4.42 Å². The number of fused-ring (bicyclic) bond motifs is 4. The first-order chi connectivity index (χ1) is 14.1. The molecule has 3 aromatic carbocycles. The van der Waals surface area contributed by atoms with Crippen molar-refractivity contribution in [2.75, 3.05) is 0 Å². The summed E-state index contributed by atoms with van der Waals surface area (Å²) in [4.78, 5) is 29.4. The molecule has 29 heavy (non-hydrogen) atoms. The molecule has 5 rings (SSSR count). The molecule has 0 bridgehead atoms. The van der Waals surface area contributed by atoms with Crippen LogP contribution in [-0.2, 0) is 12.8 Å². The summed E-state index contributed by atoms with van der Waals surface area (Å²) in [6.07, 6.45) is 0. The molecule has 0 aliphatic rings. The highest BCUT2D eigenvalue weighted by Gasteiger charge is 2.13. The number of benzene rings is 3. The van der Waals surface area contributed by atoms with Crippen molar-refractivity contribution in [1.82, 2.24) is 9.55 Å². The van der Waals surface area contributed by atoms with E-state index in [4.69, 9.17) is 4.42 Å². The lowest BCUT2D eigenvalue weighted by molar-refractivity contribution is 0.560. The summed E-state index contributed by atoms with van der Waals surface area (Å²) >= 11 is 1.43. The summed E-state index contributed by atoms with van der Waals surface area (Å²) in [7, 11) is 1.72. The first kappa shape index (κ1) is 17.7. The first-order valence-corrected chi connectivity index (χ1v) is 10.1. The Hall–Kier alpha value is -3.38. The van der Waals surface area contributed by atoms with E-state index in [1.165, 1.54) is 17.8 Å². The second-order valence-electron chi connectivity index (χ2n) is 6.81. The minimum atomic E-state index is -0.385. The highest BCUT2D eigenvalue weighted by Crippen LogP contribution is 2.31. The summed E-state index contributed by atoms with van der Waals surface area (Å²) in [5.74, 6) is 0.495. The lowest BCUT2D eigenvalue weighted by Crippen LogP contribution is -2.19. The largest absolute Gasteiger partial charge is 0.423 e. The molecule has 0 saturated carbocycles. The van der Waals surface area contributed by atoms with Crippen LogP contribution in [0.25, 0.3) is 32.6 Å². The maximum atomic E-state index is 12.6. The van der Waals surface area contributed by atoms with Gasteiger partial charge in [0.2, 0.25) is 0 Å². The van der Waals surface area contributed by atoms with Crippen molar-refractivity contribution in [3.63, 3.8) is 0 Å². The van der Waals surface area contributed by atoms with Crippen LogP contribution in [0, 0.1) is 0 Å². The molecule has 0 unspecified atom stereocenters. The van der Waals surface area contributed by atoms with Gasteiger partial charge in [0.1, 0.15) is 5.58 Å². The standard InChI is InChI=1S/C23H16N2O3S/c1-25-22(27)17-8-4-5-9-18(17)24-23(25)29-13-15-12-20(26)28-19-11-10-14-6-2-3-7-16(14)21(15)19/h2-12H,13H2,1H3. The fourth-order valence-corrected chi connectivity index (χ4v) is 4.55. The minimum Gasteiger partial charge on any atom is -0.423 e. The van der Waals surface area contributed by atoms with Gasteiger partial charge in [0.05, 0.1) is 10.9 Å². The van der Waals surface area contributed by atoms with Crippen LogP contribution in [0.4, 0.5) is 0 Å². The molecule has 5 nitrogen and oxygen atoms in total. The van der Waals surface area contributed by atoms with Crippen LogP contribution >= 0.6 is 11.8 Å². The molecule has 5 aromatic rings. The summed E-state index contributed by atoms with van der Waals surface area (Å²) in [5, 5.41) is 4.23. The van der Waals surface area contributed by atoms with Crippen molar-refractivity contribution in [3.8, 4) is 0 Å². The summed E-state index contributed by atoms with van der Waals surface area (Å²) in [5.41, 5.74) is 1.62. The Bertz CT molecular complexity index is 1520. The SMILES string of the molecule is Cn1c(SCc2cc(=O)oc3ccc4ccccc4c23)nc2ccccc2c1=O. The second-order valence-corrected chi connectivity index (χ2v) is 7.76. The lowest BCUT2D eigenvalue weighted by Gasteiger charge is -2.11. The van der Waals surface area contributed by atoms with E-state index in [0.29, 0.717) is 27.4 Å². The summed E-state index contributed by atoms with van der Waals surface area (Å²) in [6.45, 7) is 0. The minimum absolute atomic E-state index is 0.0824. The molecule has 0 radical (unpaired) electrons. The summed E-state index contributed by atoms with van der Waals surface area (Å²) in [6, 6.07) is 20.6. The topological polar surface area (TPSA) is 65.1 Å². The van der Waals surface area contributed by atoms with Gasteiger partial charge in [-0.2, -0.15) is 0 Å². The molecule has 142 valence electrons. The normalized spacial score (nSPS) is 11.5. The molecular weight excluding hydrogens is 384 g/mol. The van der Waals surface area contributed by atoms with E-state index < -0.39 is 0 Å². The fraction of sp³-hybridized carbons (Fsp3) is 0.0870. The van der Waals surface area contributed by atoms with Crippen LogP contribution in [0.5, 0.6) is 0 Å². The van der Waals surface area contributed by atoms with Gasteiger partial charge >= 0.3 is 5.63 Å². The highest BCUT2D eigenvalue weighted by molar-refractivity contribution is 7.98. The molecule has 2 heterocycles. The number of para-hydroxylation sites is 1. The first-order valence-electron chi connectivity index (χ1n) is 9.15. The molecular formula is C23H16N2O3S. The van der Waals surface area contributed by atoms with Crippen LogP contribution < -0.4 is 11.2 Å². The Kier molecular flexibility index (Phi) is 4.21. The van der Waals surface area contributed by atoms with E-state index in [1.807, 2.05) is 54.6 Å². The van der Waals surface area contributed by atoms with E-state index in [-0.39, 0.29) is 11.2 Å². The maximum absolute atomic E-state index is 12.6. The Morgan fingerprint density at radius 3 is 2.59 bits per heavy atom. The van der Waals surface area contributed by atoms with Gasteiger partial charge in [-0.3, -0.25) is 9.36 Å². The predicted octanol–water partition coefficient (Wildman–Crippen LogP) is 4.49. The van der Waals surface area contributed by atoms with Crippen molar-refractivity contribution in [2.45, 2.75) is 10.9 Å². The van der Waals surface area contributed by atoms with E-state index >= 15 is 0 Å². The Morgan fingerprint density at radius 1 is 0.966 bits per heavy atom. The molecule has 0 saturated heterocycles. The number of rotatable bonds is 3. The maximum Gasteiger partial charge on any atom is 0.336 e. The zero-order chi connectivity index (χ0) is 20.0. The molecule has 0 aliphatic carbocycles.